The van der Waals surface area contributed by atoms with Crippen molar-refractivity contribution in [3.63, 3.8) is 0 Å². The van der Waals surface area contributed by atoms with Gasteiger partial charge in [-0.3, -0.25) is 0 Å². The van der Waals surface area contributed by atoms with Crippen LogP contribution in [0.15, 0.2) is 60.7 Å². The molecule has 0 aliphatic heterocycles. The van der Waals surface area contributed by atoms with Crippen LogP contribution in [0.2, 0.25) is 21.4 Å². The topological polar surface area (TPSA) is 58.9 Å². The molecule has 0 aliphatic carbocycles. The molecule has 0 saturated heterocycles. The minimum absolute atomic E-state index is 0.0143. The van der Waals surface area contributed by atoms with E-state index in [2.05, 4.69) is 53.7 Å². The Morgan fingerprint density at radius 1 is 0.765 bits per heavy atom. The summed E-state index contributed by atoms with van der Waals surface area (Å²) in [5, 5.41) is 22.1. The molecule has 34 heavy (non-hydrogen) atoms. The quantitative estimate of drug-likeness (QED) is 0.294. The van der Waals surface area contributed by atoms with Gasteiger partial charge in [0.15, 0.2) is 0 Å². The van der Waals surface area contributed by atoms with Gasteiger partial charge in [-0.2, -0.15) is 0 Å². The number of aliphatic hydroxyl groups is 2. The van der Waals surface area contributed by atoms with Crippen molar-refractivity contribution < 1.29 is 19.4 Å². The average Bonchev–Trinajstić information content (AvgIpc) is 2.79. The van der Waals surface area contributed by atoms with Crippen molar-refractivity contribution in [1.29, 1.82) is 0 Å². The Morgan fingerprint density at radius 2 is 1.29 bits per heavy atom. The second-order valence-corrected chi connectivity index (χ2v) is 18.3. The fourth-order valence-electron chi connectivity index (χ4n) is 5.01. The van der Waals surface area contributed by atoms with Gasteiger partial charge in [0.25, 0.3) is 0 Å². The Hall–Kier alpha value is -0.984. The normalized spacial score (nSPS) is 15.1. The molecular formula is C28H44O4SeSi. The molecular weight excluding hydrogens is 507 g/mol. The molecule has 0 heterocycles. The molecule has 2 N–H and O–H groups in total. The van der Waals surface area contributed by atoms with E-state index < -0.39 is 20.5 Å². The number of rotatable bonds is 15. The van der Waals surface area contributed by atoms with Crippen molar-refractivity contribution in [3.8, 4) is 0 Å². The minimum atomic E-state index is -2.04. The van der Waals surface area contributed by atoms with E-state index in [0.29, 0.717) is 36.3 Å². The van der Waals surface area contributed by atoms with Crippen LogP contribution in [-0.2, 0) is 15.8 Å². The fourth-order valence-corrected chi connectivity index (χ4v) is 13.0. The Morgan fingerprint density at radius 3 is 1.82 bits per heavy atom. The third-order valence-corrected chi connectivity index (χ3v) is 15.5. The van der Waals surface area contributed by atoms with Gasteiger partial charge in [-0.1, -0.05) is 0 Å². The van der Waals surface area contributed by atoms with Crippen molar-refractivity contribution >= 4 is 27.7 Å². The molecule has 0 spiro atoms. The molecule has 0 aliphatic rings. The summed E-state index contributed by atoms with van der Waals surface area (Å²) >= 11 is 0.0143. The fraction of sp³-hybridized carbons (Fsp3) is 0.571. The van der Waals surface area contributed by atoms with Gasteiger partial charge in [-0.05, 0) is 0 Å². The van der Waals surface area contributed by atoms with Gasteiger partial charge < -0.3 is 0 Å². The Bertz CT molecular complexity index is 779. The van der Waals surface area contributed by atoms with Crippen molar-refractivity contribution in [2.45, 2.75) is 88.2 Å². The summed E-state index contributed by atoms with van der Waals surface area (Å²) < 4.78 is 13.7. The molecule has 2 aromatic rings. The zero-order valence-electron chi connectivity index (χ0n) is 21.7. The molecule has 0 fully saturated rings. The SMILES string of the molecule is CC(C)[Si](OC[C@@H](O)C[C@H]([Se]c1ccccc1)[C@@H](O)COCc1ccccc1)(C(C)C)C(C)C. The van der Waals surface area contributed by atoms with Gasteiger partial charge >= 0.3 is 215 Å². The summed E-state index contributed by atoms with van der Waals surface area (Å²) in [6.07, 6.45) is -0.743. The number of ether oxygens (including phenoxy) is 1. The first kappa shape index (κ1) is 29.2. The Balaban J connectivity index is 2.03. The van der Waals surface area contributed by atoms with Crippen LogP contribution < -0.4 is 4.46 Å². The second-order valence-electron chi connectivity index (χ2n) is 10.1. The van der Waals surface area contributed by atoms with E-state index in [9.17, 15) is 10.2 Å². The van der Waals surface area contributed by atoms with Crippen molar-refractivity contribution in [1.82, 2.24) is 0 Å². The van der Waals surface area contributed by atoms with Crippen LogP contribution in [0.5, 0.6) is 0 Å². The molecule has 0 bridgehead atoms. The summed E-state index contributed by atoms with van der Waals surface area (Å²) in [5.41, 5.74) is 2.51. The average molecular weight is 552 g/mol. The Kier molecular flexibility index (Phi) is 12.5. The molecule has 0 saturated carbocycles. The molecule has 4 nitrogen and oxygen atoms in total. The van der Waals surface area contributed by atoms with E-state index in [1.165, 1.54) is 4.46 Å². The first-order valence-corrected chi connectivity index (χ1v) is 16.5. The van der Waals surface area contributed by atoms with E-state index >= 15 is 0 Å². The summed E-state index contributed by atoms with van der Waals surface area (Å²) in [6, 6.07) is 20.3. The van der Waals surface area contributed by atoms with Gasteiger partial charge in [-0.15, -0.1) is 0 Å². The maximum absolute atomic E-state index is 11.0. The zero-order valence-corrected chi connectivity index (χ0v) is 24.4. The summed E-state index contributed by atoms with van der Waals surface area (Å²) in [6.45, 7) is 14.6. The van der Waals surface area contributed by atoms with Gasteiger partial charge in [0, 0.05) is 0 Å². The molecule has 0 unspecified atom stereocenters. The van der Waals surface area contributed by atoms with Crippen molar-refractivity contribution in [3.05, 3.63) is 66.2 Å². The van der Waals surface area contributed by atoms with Crippen LogP contribution in [0.4, 0.5) is 0 Å². The summed E-state index contributed by atoms with van der Waals surface area (Å²) in [4.78, 5) is -0.0579. The predicted molar refractivity (Wildman–Crippen MR) is 145 cm³/mol. The van der Waals surface area contributed by atoms with Crippen molar-refractivity contribution in [2.75, 3.05) is 13.2 Å². The van der Waals surface area contributed by atoms with E-state index in [0.717, 1.165) is 5.56 Å². The predicted octanol–water partition coefficient (Wildman–Crippen LogP) is 5.33. The van der Waals surface area contributed by atoms with Gasteiger partial charge in [-0.25, -0.2) is 0 Å². The first-order valence-electron chi connectivity index (χ1n) is 12.5. The molecule has 190 valence electrons. The van der Waals surface area contributed by atoms with Gasteiger partial charge in [0.2, 0.25) is 0 Å². The number of hydrogen-bond donors (Lipinski definition) is 2. The van der Waals surface area contributed by atoms with Gasteiger partial charge in [0.1, 0.15) is 0 Å². The third kappa shape index (κ3) is 8.60. The number of hydrogen-bond acceptors (Lipinski definition) is 4. The van der Waals surface area contributed by atoms with Crippen LogP contribution >= 0.6 is 0 Å². The van der Waals surface area contributed by atoms with E-state index in [-0.39, 0.29) is 26.4 Å². The van der Waals surface area contributed by atoms with Crippen LogP contribution in [0.1, 0.15) is 53.5 Å². The van der Waals surface area contributed by atoms with Crippen LogP contribution in [-0.4, -0.2) is 58.9 Å². The standard InChI is InChI=1S/C28H44O4SeSi/c1-21(2)34(22(3)4,23(5)6)32-19-25(29)17-28(33-26-15-11-8-12-16-26)27(30)20-31-18-24-13-9-7-10-14-24/h7-16,21-23,25,27-30H,17-20H2,1-6H3/t25-,27-,28-/m0/s1. The third-order valence-electron chi connectivity index (χ3n) is 6.60. The summed E-state index contributed by atoms with van der Waals surface area (Å²) in [7, 11) is -2.04. The van der Waals surface area contributed by atoms with E-state index in [1.54, 1.807) is 0 Å². The van der Waals surface area contributed by atoms with Crippen molar-refractivity contribution in [2.24, 2.45) is 0 Å². The maximum atomic E-state index is 11.0. The number of aliphatic hydroxyl groups excluding tert-OH is 2. The first-order chi connectivity index (χ1) is 16.2. The molecule has 2 rings (SSSR count). The number of benzene rings is 2. The van der Waals surface area contributed by atoms with Crippen LogP contribution in [0.25, 0.3) is 0 Å². The van der Waals surface area contributed by atoms with Crippen LogP contribution in [0, 0.1) is 0 Å². The second kappa shape index (κ2) is 14.5. The molecule has 2 aromatic carbocycles. The zero-order chi connectivity index (χ0) is 25.1. The molecule has 3 atom stereocenters. The molecule has 0 amide bonds. The monoisotopic (exact) mass is 552 g/mol. The molecule has 0 aromatic heterocycles. The Labute approximate surface area is 214 Å². The van der Waals surface area contributed by atoms with E-state index in [1.807, 2.05) is 48.5 Å². The molecule has 0 radical (unpaired) electrons. The van der Waals surface area contributed by atoms with E-state index in [4.69, 9.17) is 9.16 Å². The van der Waals surface area contributed by atoms with Crippen LogP contribution in [0.3, 0.4) is 0 Å². The molecule has 6 heteroatoms. The summed E-state index contributed by atoms with van der Waals surface area (Å²) in [5.74, 6) is 0. The van der Waals surface area contributed by atoms with Gasteiger partial charge in [0.05, 0.1) is 0 Å².